The third-order valence-corrected chi connectivity index (χ3v) is 5.17. The Morgan fingerprint density at radius 1 is 1.14 bits per heavy atom. The predicted molar refractivity (Wildman–Crippen MR) is 112 cm³/mol. The van der Waals surface area contributed by atoms with Crippen molar-refractivity contribution in [2.45, 2.75) is 25.8 Å². The molecule has 0 atom stereocenters. The van der Waals surface area contributed by atoms with Crippen LogP contribution < -0.4 is 14.8 Å². The average Bonchev–Trinajstić information content (AvgIpc) is 2.73. The Bertz CT molecular complexity index is 862. The molecular weight excluding hydrogens is 392 g/mol. The first-order valence-corrected chi connectivity index (χ1v) is 9.95. The zero-order valence-electron chi connectivity index (χ0n) is 16.6. The molecule has 1 N–H and O–H groups in total. The number of rotatable bonds is 6. The number of methoxy groups -OCH3 is 1. The monoisotopic (exact) mass is 416 g/mol. The van der Waals surface area contributed by atoms with Gasteiger partial charge in [0, 0.05) is 24.2 Å². The molecule has 7 heteroatoms. The number of hydrogen-bond donors (Lipinski definition) is 1. The van der Waals surface area contributed by atoms with E-state index in [1.54, 1.807) is 23.1 Å². The van der Waals surface area contributed by atoms with Gasteiger partial charge in [-0.1, -0.05) is 29.3 Å². The number of piperidine rings is 1. The highest BCUT2D eigenvalue weighted by atomic mass is 35.5. The Kier molecular flexibility index (Phi) is 6.99. The highest BCUT2D eigenvalue weighted by molar-refractivity contribution is 6.31. The smallest absolute Gasteiger partial charge is 0.258 e. The quantitative estimate of drug-likeness (QED) is 0.783. The van der Waals surface area contributed by atoms with Gasteiger partial charge in [0.25, 0.3) is 11.8 Å². The molecule has 1 heterocycles. The summed E-state index contributed by atoms with van der Waals surface area (Å²) < 4.78 is 10.8. The third-order valence-electron chi connectivity index (χ3n) is 4.93. The minimum Gasteiger partial charge on any atom is -0.496 e. The standard InChI is InChI=1S/C22H25ClN2O4/c1-15-3-6-18(7-4-15)29-14-21(26)24-17-9-11-25(12-10-17)22(27)19-13-16(23)5-8-20(19)28-2/h3-8,13,17H,9-12,14H2,1-2H3,(H,24,26). The van der Waals surface area contributed by atoms with Crippen molar-refractivity contribution in [2.75, 3.05) is 26.8 Å². The van der Waals surface area contributed by atoms with Gasteiger partial charge >= 0.3 is 0 Å². The number of nitrogens with zero attached hydrogens (tertiary/aromatic N) is 1. The summed E-state index contributed by atoms with van der Waals surface area (Å²) in [5, 5.41) is 3.47. The minimum absolute atomic E-state index is 0.0226. The van der Waals surface area contributed by atoms with Crippen molar-refractivity contribution in [1.29, 1.82) is 0 Å². The fourth-order valence-corrected chi connectivity index (χ4v) is 3.47. The summed E-state index contributed by atoms with van der Waals surface area (Å²) in [6.07, 6.45) is 1.37. The van der Waals surface area contributed by atoms with Gasteiger partial charge in [0.1, 0.15) is 11.5 Å². The molecular formula is C22H25ClN2O4. The van der Waals surface area contributed by atoms with Gasteiger partial charge in [-0.05, 0) is 50.1 Å². The molecule has 0 saturated carbocycles. The first-order valence-electron chi connectivity index (χ1n) is 9.58. The van der Waals surface area contributed by atoms with Crippen molar-refractivity contribution in [1.82, 2.24) is 10.2 Å². The SMILES string of the molecule is COc1ccc(Cl)cc1C(=O)N1CCC(NC(=O)COc2ccc(C)cc2)CC1. The highest BCUT2D eigenvalue weighted by Crippen LogP contribution is 2.25. The molecule has 6 nitrogen and oxygen atoms in total. The van der Waals surface area contributed by atoms with Gasteiger partial charge in [0.2, 0.25) is 0 Å². The van der Waals surface area contributed by atoms with E-state index in [2.05, 4.69) is 5.32 Å². The van der Waals surface area contributed by atoms with E-state index in [-0.39, 0.29) is 24.5 Å². The fourth-order valence-electron chi connectivity index (χ4n) is 3.30. The number of ether oxygens (including phenoxy) is 2. The van der Waals surface area contributed by atoms with Crippen LogP contribution in [0.5, 0.6) is 11.5 Å². The first kappa shape index (κ1) is 21.0. The largest absolute Gasteiger partial charge is 0.496 e. The number of hydrogen-bond acceptors (Lipinski definition) is 4. The van der Waals surface area contributed by atoms with Crippen LogP contribution in [0, 0.1) is 6.92 Å². The summed E-state index contributed by atoms with van der Waals surface area (Å²) in [6, 6.07) is 12.6. The summed E-state index contributed by atoms with van der Waals surface area (Å²) >= 11 is 6.03. The van der Waals surface area contributed by atoms with Gasteiger partial charge in [-0.25, -0.2) is 0 Å². The van der Waals surface area contributed by atoms with Gasteiger partial charge in [-0.2, -0.15) is 0 Å². The first-order chi connectivity index (χ1) is 14.0. The fraction of sp³-hybridized carbons (Fsp3) is 0.364. The van der Waals surface area contributed by atoms with Crippen LogP contribution in [-0.4, -0.2) is 49.6 Å². The lowest BCUT2D eigenvalue weighted by molar-refractivity contribution is -0.124. The van der Waals surface area contributed by atoms with E-state index >= 15 is 0 Å². The summed E-state index contributed by atoms with van der Waals surface area (Å²) in [7, 11) is 1.53. The molecule has 2 aromatic carbocycles. The van der Waals surface area contributed by atoms with Crippen LogP contribution >= 0.6 is 11.6 Å². The molecule has 154 valence electrons. The molecule has 1 saturated heterocycles. The highest BCUT2D eigenvalue weighted by Gasteiger charge is 2.26. The van der Waals surface area contributed by atoms with Crippen LogP contribution in [0.4, 0.5) is 0 Å². The number of likely N-dealkylation sites (tertiary alicyclic amines) is 1. The molecule has 1 aliphatic heterocycles. The van der Waals surface area contributed by atoms with E-state index in [0.717, 1.165) is 5.56 Å². The average molecular weight is 417 g/mol. The Hall–Kier alpha value is -2.73. The summed E-state index contributed by atoms with van der Waals surface area (Å²) in [6.45, 7) is 3.08. The van der Waals surface area contributed by atoms with Crippen LogP contribution in [0.25, 0.3) is 0 Å². The zero-order valence-corrected chi connectivity index (χ0v) is 17.4. The lowest BCUT2D eigenvalue weighted by Gasteiger charge is -2.32. The topological polar surface area (TPSA) is 67.9 Å². The number of carbonyl (C=O) groups is 2. The Morgan fingerprint density at radius 3 is 2.48 bits per heavy atom. The third kappa shape index (κ3) is 5.64. The molecule has 0 spiro atoms. The van der Waals surface area contributed by atoms with Gasteiger partial charge in [-0.3, -0.25) is 9.59 Å². The van der Waals surface area contributed by atoms with E-state index in [4.69, 9.17) is 21.1 Å². The van der Waals surface area contributed by atoms with Crippen molar-refractivity contribution in [3.8, 4) is 11.5 Å². The molecule has 29 heavy (non-hydrogen) atoms. The van der Waals surface area contributed by atoms with Crippen LogP contribution in [0.1, 0.15) is 28.8 Å². The summed E-state index contributed by atoms with van der Waals surface area (Å²) in [4.78, 5) is 26.7. The maximum absolute atomic E-state index is 12.8. The van der Waals surface area contributed by atoms with Gasteiger partial charge < -0.3 is 19.7 Å². The lowest BCUT2D eigenvalue weighted by Crippen LogP contribution is -2.47. The lowest BCUT2D eigenvalue weighted by atomic mass is 10.0. The molecule has 0 bridgehead atoms. The second kappa shape index (κ2) is 9.65. The molecule has 3 rings (SSSR count). The van der Waals surface area contributed by atoms with Crippen molar-refractivity contribution in [3.63, 3.8) is 0 Å². The van der Waals surface area contributed by atoms with Crippen LogP contribution in [0.2, 0.25) is 5.02 Å². The van der Waals surface area contributed by atoms with E-state index < -0.39 is 0 Å². The minimum atomic E-state index is -0.160. The van der Waals surface area contributed by atoms with Crippen molar-refractivity contribution < 1.29 is 19.1 Å². The van der Waals surface area contributed by atoms with Gasteiger partial charge in [0.05, 0.1) is 12.7 Å². The maximum Gasteiger partial charge on any atom is 0.258 e. The van der Waals surface area contributed by atoms with E-state index in [1.165, 1.54) is 7.11 Å². The number of halogens is 1. The van der Waals surface area contributed by atoms with Crippen molar-refractivity contribution in [2.24, 2.45) is 0 Å². The number of carbonyl (C=O) groups excluding carboxylic acids is 2. The second-order valence-corrected chi connectivity index (χ2v) is 7.52. The second-order valence-electron chi connectivity index (χ2n) is 7.08. The zero-order chi connectivity index (χ0) is 20.8. The normalized spacial score (nSPS) is 14.4. The predicted octanol–water partition coefficient (Wildman–Crippen LogP) is 3.46. The molecule has 0 radical (unpaired) electrons. The maximum atomic E-state index is 12.8. The molecule has 1 aliphatic rings. The van der Waals surface area contributed by atoms with E-state index in [0.29, 0.717) is 48.0 Å². The number of aryl methyl sites for hydroxylation is 1. The Morgan fingerprint density at radius 2 is 1.83 bits per heavy atom. The van der Waals surface area contributed by atoms with Crippen molar-refractivity contribution in [3.05, 3.63) is 58.6 Å². The number of benzene rings is 2. The number of nitrogens with one attached hydrogen (secondary N) is 1. The Labute approximate surface area is 175 Å². The molecule has 1 fully saturated rings. The van der Waals surface area contributed by atoms with E-state index in [9.17, 15) is 9.59 Å². The van der Waals surface area contributed by atoms with Gasteiger partial charge in [0.15, 0.2) is 6.61 Å². The Balaban J connectivity index is 1.47. The summed E-state index contributed by atoms with van der Waals surface area (Å²) in [5.74, 6) is 0.897. The molecule has 0 unspecified atom stereocenters. The molecule has 0 aliphatic carbocycles. The molecule has 0 aromatic heterocycles. The van der Waals surface area contributed by atoms with Crippen LogP contribution in [-0.2, 0) is 4.79 Å². The van der Waals surface area contributed by atoms with Crippen LogP contribution in [0.15, 0.2) is 42.5 Å². The van der Waals surface area contributed by atoms with Crippen molar-refractivity contribution >= 4 is 23.4 Å². The summed E-state index contributed by atoms with van der Waals surface area (Å²) in [5.41, 5.74) is 1.59. The van der Waals surface area contributed by atoms with Crippen LogP contribution in [0.3, 0.4) is 0 Å². The van der Waals surface area contributed by atoms with Gasteiger partial charge in [-0.15, -0.1) is 0 Å². The van der Waals surface area contributed by atoms with E-state index in [1.807, 2.05) is 31.2 Å². The molecule has 2 amide bonds. The number of amides is 2. The molecule has 2 aromatic rings.